The van der Waals surface area contributed by atoms with Crippen LogP contribution in [0.3, 0.4) is 0 Å². The third-order valence-corrected chi connectivity index (χ3v) is 4.30. The van der Waals surface area contributed by atoms with Crippen LogP contribution < -0.4 is 10.6 Å². The number of carbonyl (C=O) groups is 3. The van der Waals surface area contributed by atoms with Crippen LogP contribution in [-0.4, -0.2) is 46.4 Å². The number of nitrogens with one attached hydrogen (secondary N) is 2. The molecule has 2 aliphatic rings. The fourth-order valence-electron chi connectivity index (χ4n) is 2.68. The molecule has 7 nitrogen and oxygen atoms in total. The molecule has 0 atom stereocenters. The third-order valence-electron chi connectivity index (χ3n) is 3.87. The minimum Gasteiger partial charge on any atom is -0.338 e. The normalized spacial score (nSPS) is 20.3. The smallest absolute Gasteiger partial charge is 0.322 e. The van der Waals surface area contributed by atoms with E-state index in [1.165, 1.54) is 6.20 Å². The Hall–Kier alpha value is -1.96. The number of hydrogen-bond donors (Lipinski definition) is 2. The van der Waals surface area contributed by atoms with Crippen LogP contribution in [0.4, 0.5) is 4.79 Å². The van der Waals surface area contributed by atoms with Gasteiger partial charge in [-0.1, -0.05) is 0 Å². The van der Waals surface area contributed by atoms with Crippen LogP contribution in [0.15, 0.2) is 22.9 Å². The maximum Gasteiger partial charge on any atom is 0.322 e. The number of rotatable bonds is 1. The van der Waals surface area contributed by atoms with Crippen molar-refractivity contribution in [3.05, 3.63) is 28.5 Å². The fourth-order valence-corrected chi connectivity index (χ4v) is 3.05. The van der Waals surface area contributed by atoms with Gasteiger partial charge in [-0.25, -0.2) is 4.79 Å². The Morgan fingerprint density at radius 1 is 1.29 bits per heavy atom. The SMILES string of the molecule is O=C1NC(=O)C2(CCN(C(=O)c3cncc(Br)c3)CC2)N1. The number of halogens is 1. The van der Waals surface area contributed by atoms with Crippen LogP contribution in [0, 0.1) is 0 Å². The van der Waals surface area contributed by atoms with E-state index in [1.807, 2.05) is 0 Å². The minimum absolute atomic E-state index is 0.122. The lowest BCUT2D eigenvalue weighted by molar-refractivity contribution is -0.125. The number of carbonyl (C=O) groups excluding carboxylic acids is 3. The summed E-state index contributed by atoms with van der Waals surface area (Å²) in [4.78, 5) is 41.1. The van der Waals surface area contributed by atoms with E-state index in [1.54, 1.807) is 17.2 Å². The van der Waals surface area contributed by atoms with Crippen LogP contribution in [-0.2, 0) is 4.79 Å². The minimum atomic E-state index is -0.858. The molecule has 0 aliphatic carbocycles. The Kier molecular flexibility index (Phi) is 3.40. The molecule has 1 aromatic heterocycles. The molecule has 3 heterocycles. The molecule has 0 saturated carbocycles. The van der Waals surface area contributed by atoms with Crippen LogP contribution in [0.1, 0.15) is 23.2 Å². The van der Waals surface area contributed by atoms with Crippen LogP contribution >= 0.6 is 15.9 Å². The molecule has 0 unspecified atom stereocenters. The van der Waals surface area contributed by atoms with Crippen molar-refractivity contribution >= 4 is 33.8 Å². The number of nitrogens with zero attached hydrogens (tertiary/aromatic N) is 2. The molecule has 0 bridgehead atoms. The summed E-state index contributed by atoms with van der Waals surface area (Å²) in [6, 6.07) is 1.25. The number of urea groups is 1. The van der Waals surface area contributed by atoms with Gasteiger partial charge >= 0.3 is 6.03 Å². The first kappa shape index (κ1) is 14.0. The highest BCUT2D eigenvalue weighted by atomic mass is 79.9. The summed E-state index contributed by atoms with van der Waals surface area (Å²) in [5, 5.41) is 4.92. The zero-order valence-electron chi connectivity index (χ0n) is 11.1. The molecule has 0 radical (unpaired) electrons. The van der Waals surface area contributed by atoms with Gasteiger partial charge in [-0.3, -0.25) is 19.9 Å². The highest BCUT2D eigenvalue weighted by Gasteiger charge is 2.48. The molecule has 2 N–H and O–H groups in total. The molecule has 1 aromatic rings. The van der Waals surface area contributed by atoms with Crippen LogP contribution in [0.25, 0.3) is 0 Å². The molecule has 3 rings (SSSR count). The van der Waals surface area contributed by atoms with Crippen molar-refractivity contribution in [3.63, 3.8) is 0 Å². The molecule has 8 heteroatoms. The standard InChI is InChI=1S/C13H13BrN4O3/c14-9-5-8(6-15-7-9)10(19)18-3-1-13(2-4-18)11(20)16-12(21)17-13/h5-7H,1-4H2,(H2,16,17,20,21). The Bertz CT molecular complexity index is 626. The van der Waals surface area contributed by atoms with Gasteiger partial charge in [-0.2, -0.15) is 0 Å². The maximum absolute atomic E-state index is 12.4. The van der Waals surface area contributed by atoms with E-state index in [9.17, 15) is 14.4 Å². The molecule has 2 saturated heterocycles. The summed E-state index contributed by atoms with van der Waals surface area (Å²) < 4.78 is 0.740. The molecule has 2 aliphatic heterocycles. The monoisotopic (exact) mass is 352 g/mol. The zero-order chi connectivity index (χ0) is 15.0. The average molecular weight is 353 g/mol. The van der Waals surface area contributed by atoms with Crippen LogP contribution in [0.5, 0.6) is 0 Å². The Morgan fingerprint density at radius 3 is 2.57 bits per heavy atom. The second-order valence-corrected chi connectivity index (χ2v) is 6.09. The van der Waals surface area contributed by atoms with Gasteiger partial charge in [-0.15, -0.1) is 0 Å². The summed E-state index contributed by atoms with van der Waals surface area (Å²) in [5.41, 5.74) is -0.358. The van der Waals surface area contributed by atoms with Gasteiger partial charge in [0, 0.05) is 30.0 Å². The molecular formula is C13H13BrN4O3. The summed E-state index contributed by atoms with van der Waals surface area (Å²) in [5.74, 6) is -0.424. The van der Waals surface area contributed by atoms with E-state index in [-0.39, 0.29) is 11.8 Å². The highest BCUT2D eigenvalue weighted by Crippen LogP contribution is 2.26. The van der Waals surface area contributed by atoms with E-state index >= 15 is 0 Å². The topological polar surface area (TPSA) is 91.4 Å². The van der Waals surface area contributed by atoms with Crippen molar-refractivity contribution in [3.8, 4) is 0 Å². The van der Waals surface area contributed by atoms with Gasteiger partial charge in [-0.05, 0) is 34.8 Å². The van der Waals surface area contributed by atoms with E-state index < -0.39 is 11.6 Å². The van der Waals surface area contributed by atoms with Gasteiger partial charge < -0.3 is 10.2 Å². The first-order valence-electron chi connectivity index (χ1n) is 6.54. The molecule has 2 fully saturated rings. The van der Waals surface area contributed by atoms with Gasteiger partial charge in [0.1, 0.15) is 5.54 Å². The Labute approximate surface area is 129 Å². The molecule has 0 aromatic carbocycles. The zero-order valence-corrected chi connectivity index (χ0v) is 12.6. The Morgan fingerprint density at radius 2 is 2.00 bits per heavy atom. The highest BCUT2D eigenvalue weighted by molar-refractivity contribution is 9.10. The van der Waals surface area contributed by atoms with Crippen molar-refractivity contribution in [1.29, 1.82) is 0 Å². The third kappa shape index (κ3) is 2.51. The predicted octanol–water partition coefficient (Wildman–Crippen LogP) is 0.658. The van der Waals surface area contributed by atoms with Crippen molar-refractivity contribution in [2.24, 2.45) is 0 Å². The lowest BCUT2D eigenvalue weighted by Gasteiger charge is -2.36. The van der Waals surface area contributed by atoms with Crippen molar-refractivity contribution in [1.82, 2.24) is 20.5 Å². The quantitative estimate of drug-likeness (QED) is 0.726. The van der Waals surface area contributed by atoms with Crippen molar-refractivity contribution < 1.29 is 14.4 Å². The van der Waals surface area contributed by atoms with E-state index in [0.717, 1.165) is 4.47 Å². The van der Waals surface area contributed by atoms with Crippen molar-refractivity contribution in [2.75, 3.05) is 13.1 Å². The number of imide groups is 1. The number of pyridine rings is 1. The lowest BCUT2D eigenvalue weighted by atomic mass is 9.87. The number of piperidine rings is 1. The summed E-state index contributed by atoms with van der Waals surface area (Å²) in [7, 11) is 0. The van der Waals surface area contributed by atoms with E-state index in [0.29, 0.717) is 31.5 Å². The number of hydrogen-bond acceptors (Lipinski definition) is 4. The summed E-state index contributed by atoms with van der Waals surface area (Å²) in [6.07, 6.45) is 3.96. The van der Waals surface area contributed by atoms with Gasteiger partial charge in [0.2, 0.25) is 0 Å². The Balaban J connectivity index is 1.70. The first-order chi connectivity index (χ1) is 10.00. The number of amides is 4. The first-order valence-corrected chi connectivity index (χ1v) is 7.33. The average Bonchev–Trinajstić information content (AvgIpc) is 2.73. The molecule has 1 spiro atoms. The molecule has 21 heavy (non-hydrogen) atoms. The van der Waals surface area contributed by atoms with Gasteiger partial charge in [0.15, 0.2) is 0 Å². The molecule has 4 amide bonds. The summed E-state index contributed by atoms with van der Waals surface area (Å²) >= 11 is 3.28. The number of likely N-dealkylation sites (tertiary alicyclic amines) is 1. The largest absolute Gasteiger partial charge is 0.338 e. The second kappa shape index (κ2) is 5.10. The van der Waals surface area contributed by atoms with E-state index in [4.69, 9.17) is 0 Å². The molecular weight excluding hydrogens is 340 g/mol. The number of aromatic nitrogens is 1. The molecule has 110 valence electrons. The lowest BCUT2D eigenvalue weighted by Crippen LogP contribution is -2.55. The van der Waals surface area contributed by atoms with Crippen LogP contribution in [0.2, 0.25) is 0 Å². The predicted molar refractivity (Wildman–Crippen MR) is 76.5 cm³/mol. The fraction of sp³-hybridized carbons (Fsp3) is 0.385. The summed E-state index contributed by atoms with van der Waals surface area (Å²) in [6.45, 7) is 0.831. The van der Waals surface area contributed by atoms with E-state index in [2.05, 4.69) is 31.5 Å². The van der Waals surface area contributed by atoms with Gasteiger partial charge in [0.25, 0.3) is 11.8 Å². The van der Waals surface area contributed by atoms with Gasteiger partial charge in [0.05, 0.1) is 5.56 Å². The van der Waals surface area contributed by atoms with Crippen molar-refractivity contribution in [2.45, 2.75) is 18.4 Å². The second-order valence-electron chi connectivity index (χ2n) is 5.17. The maximum atomic E-state index is 12.4.